The Morgan fingerprint density at radius 3 is 2.26 bits per heavy atom. The fourth-order valence-corrected chi connectivity index (χ4v) is 5.70. The SMILES string of the molecule is COC(=O)CC1CC(c2ccc(-c3noc(-c4ccc(C5CCCC5)cc4)n3)cc2)N(C(=O)OC(C)(C)C)C1. The van der Waals surface area contributed by atoms with Gasteiger partial charge in [-0.05, 0) is 75.1 Å². The monoisotopic (exact) mass is 531 g/mol. The second-order valence-electron chi connectivity index (χ2n) is 11.7. The molecule has 2 atom stereocenters. The Balaban J connectivity index is 1.31. The minimum Gasteiger partial charge on any atom is -0.469 e. The Kier molecular flexibility index (Phi) is 7.73. The van der Waals surface area contributed by atoms with E-state index in [-0.39, 0.29) is 30.4 Å². The van der Waals surface area contributed by atoms with Crippen LogP contribution in [0.3, 0.4) is 0 Å². The molecule has 39 heavy (non-hydrogen) atoms. The predicted molar refractivity (Wildman–Crippen MR) is 147 cm³/mol. The number of methoxy groups -OCH3 is 1. The Morgan fingerprint density at radius 1 is 0.974 bits per heavy atom. The van der Waals surface area contributed by atoms with E-state index in [9.17, 15) is 9.59 Å². The number of amides is 1. The number of esters is 1. The summed E-state index contributed by atoms with van der Waals surface area (Å²) in [7, 11) is 1.38. The number of hydrogen-bond donors (Lipinski definition) is 0. The van der Waals surface area contributed by atoms with E-state index in [1.807, 2.05) is 45.0 Å². The van der Waals surface area contributed by atoms with Crippen LogP contribution < -0.4 is 0 Å². The lowest BCUT2D eigenvalue weighted by Crippen LogP contribution is -2.37. The molecule has 1 amide bonds. The topological polar surface area (TPSA) is 94.8 Å². The van der Waals surface area contributed by atoms with Crippen LogP contribution in [-0.4, -0.2) is 46.4 Å². The molecule has 0 spiro atoms. The maximum Gasteiger partial charge on any atom is 0.410 e. The van der Waals surface area contributed by atoms with Gasteiger partial charge in [0, 0.05) is 17.7 Å². The molecule has 2 heterocycles. The molecule has 2 aromatic carbocycles. The third-order valence-electron chi connectivity index (χ3n) is 7.66. The summed E-state index contributed by atoms with van der Waals surface area (Å²) in [6, 6.07) is 16.1. The smallest absolute Gasteiger partial charge is 0.410 e. The lowest BCUT2D eigenvalue weighted by Gasteiger charge is -2.29. The number of carbonyl (C=O) groups excluding carboxylic acids is 2. The fourth-order valence-electron chi connectivity index (χ4n) is 5.70. The lowest BCUT2D eigenvalue weighted by molar-refractivity contribution is -0.141. The standard InChI is InChI=1S/C31H37N3O5/c1-31(2,3)38-30(36)34-19-20(18-27(35)37-4)17-26(34)23-11-13-24(14-12-23)28-32-29(39-33-28)25-15-9-22(10-16-25)21-7-5-6-8-21/h9-16,20-21,26H,5-8,17-19H2,1-4H3. The first-order valence-electron chi connectivity index (χ1n) is 13.8. The van der Waals surface area contributed by atoms with E-state index in [0.29, 0.717) is 30.6 Å². The molecule has 0 N–H and O–H groups in total. The summed E-state index contributed by atoms with van der Waals surface area (Å²) < 4.78 is 16.1. The minimum atomic E-state index is -0.612. The molecule has 1 aromatic heterocycles. The van der Waals surface area contributed by atoms with E-state index in [1.165, 1.54) is 38.4 Å². The number of rotatable bonds is 6. The fraction of sp³-hybridized carbons (Fsp3) is 0.484. The van der Waals surface area contributed by atoms with Crippen molar-refractivity contribution in [1.82, 2.24) is 15.0 Å². The number of benzene rings is 2. The highest BCUT2D eigenvalue weighted by Crippen LogP contribution is 2.39. The molecule has 1 saturated carbocycles. The molecule has 8 nitrogen and oxygen atoms in total. The van der Waals surface area contributed by atoms with Crippen LogP contribution in [0.2, 0.25) is 0 Å². The number of carbonyl (C=O) groups is 2. The normalized spacial score (nSPS) is 19.8. The predicted octanol–water partition coefficient (Wildman–Crippen LogP) is 6.92. The van der Waals surface area contributed by atoms with Crippen LogP contribution in [0.25, 0.3) is 22.8 Å². The Hall–Kier alpha value is -3.68. The highest BCUT2D eigenvalue weighted by atomic mass is 16.6. The molecule has 1 saturated heterocycles. The molecule has 5 rings (SSSR count). The molecular weight excluding hydrogens is 494 g/mol. The Labute approximate surface area is 229 Å². The second kappa shape index (κ2) is 11.2. The van der Waals surface area contributed by atoms with Crippen molar-refractivity contribution in [2.75, 3.05) is 13.7 Å². The van der Waals surface area contributed by atoms with Gasteiger partial charge in [0.1, 0.15) is 5.60 Å². The summed E-state index contributed by atoms with van der Waals surface area (Å²) >= 11 is 0. The highest BCUT2D eigenvalue weighted by molar-refractivity contribution is 5.71. The third kappa shape index (κ3) is 6.32. The van der Waals surface area contributed by atoms with Gasteiger partial charge in [0.15, 0.2) is 0 Å². The van der Waals surface area contributed by atoms with Gasteiger partial charge >= 0.3 is 12.1 Å². The van der Waals surface area contributed by atoms with Crippen LogP contribution >= 0.6 is 0 Å². The molecule has 0 bridgehead atoms. The van der Waals surface area contributed by atoms with Crippen molar-refractivity contribution in [2.45, 2.75) is 76.9 Å². The summed E-state index contributed by atoms with van der Waals surface area (Å²) in [6.07, 6.45) is 5.68. The van der Waals surface area contributed by atoms with Crippen molar-refractivity contribution in [2.24, 2.45) is 5.92 Å². The van der Waals surface area contributed by atoms with Gasteiger partial charge in [0.25, 0.3) is 5.89 Å². The summed E-state index contributed by atoms with van der Waals surface area (Å²) in [5, 5.41) is 4.21. The van der Waals surface area contributed by atoms with Crippen molar-refractivity contribution in [1.29, 1.82) is 0 Å². The molecule has 3 aromatic rings. The molecule has 0 radical (unpaired) electrons. The van der Waals surface area contributed by atoms with Gasteiger partial charge in [-0.1, -0.05) is 54.4 Å². The molecule has 2 aliphatic rings. The molecule has 206 valence electrons. The van der Waals surface area contributed by atoms with Crippen molar-refractivity contribution >= 4 is 12.1 Å². The summed E-state index contributed by atoms with van der Waals surface area (Å²) in [5.41, 5.74) is 3.46. The molecular formula is C31H37N3O5. The zero-order valence-corrected chi connectivity index (χ0v) is 23.2. The van der Waals surface area contributed by atoms with Crippen LogP contribution in [0.5, 0.6) is 0 Å². The maximum atomic E-state index is 13.0. The van der Waals surface area contributed by atoms with E-state index in [4.69, 9.17) is 14.0 Å². The van der Waals surface area contributed by atoms with Gasteiger partial charge in [-0.25, -0.2) is 4.79 Å². The molecule has 1 aliphatic carbocycles. The van der Waals surface area contributed by atoms with E-state index in [0.717, 1.165) is 16.7 Å². The Bertz CT molecular complexity index is 1290. The average molecular weight is 532 g/mol. The summed E-state index contributed by atoms with van der Waals surface area (Å²) in [6.45, 7) is 5.98. The Morgan fingerprint density at radius 2 is 1.62 bits per heavy atom. The third-order valence-corrected chi connectivity index (χ3v) is 7.66. The van der Waals surface area contributed by atoms with Crippen LogP contribution in [0.1, 0.15) is 82.4 Å². The molecule has 2 unspecified atom stereocenters. The quantitative estimate of drug-likeness (QED) is 0.319. The highest BCUT2D eigenvalue weighted by Gasteiger charge is 2.39. The zero-order valence-electron chi connectivity index (χ0n) is 23.2. The van der Waals surface area contributed by atoms with Crippen molar-refractivity contribution in [3.05, 3.63) is 59.7 Å². The van der Waals surface area contributed by atoms with Gasteiger partial charge in [-0.2, -0.15) is 4.98 Å². The first-order valence-corrected chi connectivity index (χ1v) is 13.8. The van der Waals surface area contributed by atoms with E-state index >= 15 is 0 Å². The molecule has 1 aliphatic heterocycles. The molecule has 2 fully saturated rings. The first kappa shape index (κ1) is 26.9. The first-order chi connectivity index (χ1) is 18.7. The number of nitrogens with zero attached hydrogens (tertiary/aromatic N) is 3. The molecule has 8 heteroatoms. The maximum absolute atomic E-state index is 13.0. The lowest BCUT2D eigenvalue weighted by atomic mass is 9.96. The second-order valence-corrected chi connectivity index (χ2v) is 11.7. The number of ether oxygens (including phenoxy) is 2. The van der Waals surface area contributed by atoms with Crippen LogP contribution in [0, 0.1) is 5.92 Å². The van der Waals surface area contributed by atoms with Crippen LogP contribution in [0.15, 0.2) is 53.1 Å². The summed E-state index contributed by atoms with van der Waals surface area (Å²) in [5.74, 6) is 1.38. The van der Waals surface area contributed by atoms with Crippen molar-refractivity contribution < 1.29 is 23.6 Å². The van der Waals surface area contributed by atoms with Crippen molar-refractivity contribution in [3.63, 3.8) is 0 Å². The number of likely N-dealkylation sites (tertiary alicyclic amines) is 1. The van der Waals surface area contributed by atoms with Crippen LogP contribution in [0.4, 0.5) is 4.79 Å². The van der Waals surface area contributed by atoms with E-state index in [1.54, 1.807) is 4.90 Å². The summed E-state index contributed by atoms with van der Waals surface area (Å²) in [4.78, 5) is 31.3. The zero-order chi connectivity index (χ0) is 27.6. The number of hydrogen-bond acceptors (Lipinski definition) is 7. The van der Waals surface area contributed by atoms with Gasteiger partial charge in [-0.3, -0.25) is 4.79 Å². The van der Waals surface area contributed by atoms with E-state index in [2.05, 4.69) is 34.4 Å². The average Bonchev–Trinajstić information content (AvgIpc) is 3.69. The van der Waals surface area contributed by atoms with Gasteiger partial charge in [-0.15, -0.1) is 0 Å². The van der Waals surface area contributed by atoms with E-state index < -0.39 is 5.60 Å². The van der Waals surface area contributed by atoms with Crippen molar-refractivity contribution in [3.8, 4) is 22.8 Å². The van der Waals surface area contributed by atoms with Gasteiger partial charge in [0.2, 0.25) is 5.82 Å². The largest absolute Gasteiger partial charge is 0.469 e. The minimum absolute atomic E-state index is 0.00512. The van der Waals surface area contributed by atoms with Gasteiger partial charge < -0.3 is 18.9 Å². The van der Waals surface area contributed by atoms with Gasteiger partial charge in [0.05, 0.1) is 19.6 Å². The number of aromatic nitrogens is 2. The van der Waals surface area contributed by atoms with Crippen LogP contribution in [-0.2, 0) is 14.3 Å².